The van der Waals surface area contributed by atoms with E-state index in [9.17, 15) is 5.11 Å². The molecule has 0 aromatic rings. The average Bonchev–Trinajstić information content (AvgIpc) is 2.28. The van der Waals surface area contributed by atoms with Gasteiger partial charge in [0, 0.05) is 25.7 Å². The summed E-state index contributed by atoms with van der Waals surface area (Å²) >= 11 is 0. The Kier molecular flexibility index (Phi) is 5.46. The monoisotopic (exact) mass is 255 g/mol. The van der Waals surface area contributed by atoms with Gasteiger partial charge in [0.2, 0.25) is 0 Å². The Labute approximate surface area is 111 Å². The van der Waals surface area contributed by atoms with E-state index in [1.54, 1.807) is 0 Å². The van der Waals surface area contributed by atoms with Crippen LogP contribution in [-0.4, -0.2) is 47.0 Å². The quantitative estimate of drug-likeness (QED) is 0.763. The average molecular weight is 255 g/mol. The molecule has 106 valence electrons. The van der Waals surface area contributed by atoms with Gasteiger partial charge in [-0.15, -0.1) is 0 Å². The van der Waals surface area contributed by atoms with Crippen LogP contribution in [0.4, 0.5) is 0 Å². The number of aliphatic hydroxyl groups is 2. The Hall–Kier alpha value is -0.120. The smallest absolute Gasteiger partial charge is 0.0580 e. The third-order valence-electron chi connectivity index (χ3n) is 4.87. The lowest BCUT2D eigenvalue weighted by atomic mass is 9.79. The SMILES string of the molecule is CC1CCC(O)C(CN(CCCO)C2CCC2)C1. The molecular formula is C15H29NO2. The van der Waals surface area contributed by atoms with E-state index in [2.05, 4.69) is 11.8 Å². The molecule has 3 heteroatoms. The van der Waals surface area contributed by atoms with E-state index in [-0.39, 0.29) is 12.7 Å². The Balaban J connectivity index is 1.85. The molecule has 0 aromatic carbocycles. The van der Waals surface area contributed by atoms with Crippen molar-refractivity contribution in [1.82, 2.24) is 4.90 Å². The fourth-order valence-corrected chi connectivity index (χ4v) is 3.43. The second kappa shape index (κ2) is 6.88. The zero-order valence-corrected chi connectivity index (χ0v) is 11.7. The van der Waals surface area contributed by atoms with Crippen LogP contribution in [0.1, 0.15) is 51.9 Å². The Bertz CT molecular complexity index is 243. The summed E-state index contributed by atoms with van der Waals surface area (Å²) < 4.78 is 0. The number of aliphatic hydroxyl groups excluding tert-OH is 2. The van der Waals surface area contributed by atoms with E-state index >= 15 is 0 Å². The molecule has 2 aliphatic carbocycles. The van der Waals surface area contributed by atoms with Crippen molar-refractivity contribution in [3.63, 3.8) is 0 Å². The number of hydrogen-bond donors (Lipinski definition) is 2. The van der Waals surface area contributed by atoms with Crippen molar-refractivity contribution in [3.05, 3.63) is 0 Å². The molecule has 0 aromatic heterocycles. The molecule has 2 rings (SSSR count). The minimum atomic E-state index is -0.0992. The Morgan fingerprint density at radius 3 is 2.56 bits per heavy atom. The van der Waals surface area contributed by atoms with E-state index in [1.165, 1.54) is 32.1 Å². The zero-order chi connectivity index (χ0) is 13.0. The molecule has 0 saturated heterocycles. The van der Waals surface area contributed by atoms with Crippen LogP contribution >= 0.6 is 0 Å². The van der Waals surface area contributed by atoms with Crippen LogP contribution in [0, 0.1) is 11.8 Å². The van der Waals surface area contributed by atoms with Gasteiger partial charge in [0.25, 0.3) is 0 Å². The first-order valence-corrected chi connectivity index (χ1v) is 7.73. The number of hydrogen-bond acceptors (Lipinski definition) is 3. The van der Waals surface area contributed by atoms with Gasteiger partial charge in [0.15, 0.2) is 0 Å². The molecule has 0 radical (unpaired) electrons. The maximum atomic E-state index is 10.2. The van der Waals surface area contributed by atoms with E-state index in [0.29, 0.717) is 5.92 Å². The molecule has 2 saturated carbocycles. The summed E-state index contributed by atoms with van der Waals surface area (Å²) in [5.74, 6) is 1.22. The summed E-state index contributed by atoms with van der Waals surface area (Å²) in [7, 11) is 0. The van der Waals surface area contributed by atoms with E-state index < -0.39 is 0 Å². The van der Waals surface area contributed by atoms with Crippen molar-refractivity contribution >= 4 is 0 Å². The van der Waals surface area contributed by atoms with Crippen LogP contribution in [-0.2, 0) is 0 Å². The molecule has 2 fully saturated rings. The highest BCUT2D eigenvalue weighted by molar-refractivity contribution is 4.85. The van der Waals surface area contributed by atoms with Crippen molar-refractivity contribution in [3.8, 4) is 0 Å². The largest absolute Gasteiger partial charge is 0.396 e. The van der Waals surface area contributed by atoms with Crippen molar-refractivity contribution < 1.29 is 10.2 Å². The van der Waals surface area contributed by atoms with Gasteiger partial charge >= 0.3 is 0 Å². The summed E-state index contributed by atoms with van der Waals surface area (Å²) in [6.07, 6.45) is 8.07. The van der Waals surface area contributed by atoms with E-state index in [1.807, 2.05) is 0 Å². The highest BCUT2D eigenvalue weighted by Crippen LogP contribution is 2.32. The van der Waals surface area contributed by atoms with Gasteiger partial charge in [-0.05, 0) is 50.4 Å². The first kappa shape index (κ1) is 14.3. The predicted molar refractivity (Wildman–Crippen MR) is 73.4 cm³/mol. The molecule has 0 spiro atoms. The van der Waals surface area contributed by atoms with Gasteiger partial charge in [0.05, 0.1) is 6.10 Å². The van der Waals surface area contributed by atoms with Gasteiger partial charge in [-0.3, -0.25) is 4.90 Å². The molecule has 3 atom stereocenters. The fourth-order valence-electron chi connectivity index (χ4n) is 3.43. The maximum absolute atomic E-state index is 10.2. The van der Waals surface area contributed by atoms with Crippen LogP contribution in [0.25, 0.3) is 0 Å². The molecule has 0 bridgehead atoms. The van der Waals surface area contributed by atoms with Crippen molar-refractivity contribution in [1.29, 1.82) is 0 Å². The minimum Gasteiger partial charge on any atom is -0.396 e. The van der Waals surface area contributed by atoms with Gasteiger partial charge in [0.1, 0.15) is 0 Å². The third kappa shape index (κ3) is 3.69. The van der Waals surface area contributed by atoms with Gasteiger partial charge in [-0.2, -0.15) is 0 Å². The van der Waals surface area contributed by atoms with Crippen molar-refractivity contribution in [2.75, 3.05) is 19.7 Å². The van der Waals surface area contributed by atoms with Crippen molar-refractivity contribution in [2.45, 2.75) is 64.0 Å². The summed E-state index contributed by atoms with van der Waals surface area (Å²) in [5.41, 5.74) is 0. The fraction of sp³-hybridized carbons (Fsp3) is 1.00. The van der Waals surface area contributed by atoms with Crippen LogP contribution in [0.5, 0.6) is 0 Å². The lowest BCUT2D eigenvalue weighted by Crippen LogP contribution is -2.46. The van der Waals surface area contributed by atoms with Crippen LogP contribution < -0.4 is 0 Å². The van der Waals surface area contributed by atoms with E-state index in [4.69, 9.17) is 5.11 Å². The van der Waals surface area contributed by atoms with Crippen molar-refractivity contribution in [2.24, 2.45) is 11.8 Å². The zero-order valence-electron chi connectivity index (χ0n) is 11.7. The van der Waals surface area contributed by atoms with Gasteiger partial charge in [-0.1, -0.05) is 13.3 Å². The standard InChI is InChI=1S/C15H29NO2/c1-12-6-7-15(18)13(10-12)11-16(8-3-9-17)14-4-2-5-14/h12-15,17-18H,2-11H2,1H3. The summed E-state index contributed by atoms with van der Waals surface area (Å²) in [5, 5.41) is 19.2. The highest BCUT2D eigenvalue weighted by Gasteiger charge is 2.32. The second-order valence-corrected chi connectivity index (χ2v) is 6.40. The molecule has 3 unspecified atom stereocenters. The molecule has 3 nitrogen and oxygen atoms in total. The topological polar surface area (TPSA) is 43.7 Å². The molecular weight excluding hydrogens is 226 g/mol. The minimum absolute atomic E-state index is 0.0992. The van der Waals surface area contributed by atoms with Gasteiger partial charge in [-0.25, -0.2) is 0 Å². The summed E-state index contributed by atoms with van der Waals surface area (Å²) in [4.78, 5) is 2.53. The Morgan fingerprint density at radius 1 is 1.17 bits per heavy atom. The van der Waals surface area contributed by atoms with Crippen LogP contribution in [0.3, 0.4) is 0 Å². The molecule has 2 aliphatic rings. The molecule has 0 aliphatic heterocycles. The number of nitrogens with zero attached hydrogens (tertiary/aromatic N) is 1. The second-order valence-electron chi connectivity index (χ2n) is 6.40. The lowest BCUT2D eigenvalue weighted by Gasteiger charge is -2.42. The van der Waals surface area contributed by atoms with Gasteiger partial charge < -0.3 is 10.2 Å². The first-order valence-electron chi connectivity index (χ1n) is 7.73. The first-order chi connectivity index (χ1) is 8.70. The molecule has 0 heterocycles. The molecule has 0 amide bonds. The molecule has 2 N–H and O–H groups in total. The highest BCUT2D eigenvalue weighted by atomic mass is 16.3. The van der Waals surface area contributed by atoms with Crippen LogP contribution in [0.15, 0.2) is 0 Å². The van der Waals surface area contributed by atoms with Crippen LogP contribution in [0.2, 0.25) is 0 Å². The maximum Gasteiger partial charge on any atom is 0.0580 e. The lowest BCUT2D eigenvalue weighted by molar-refractivity contribution is 0.00952. The Morgan fingerprint density at radius 2 is 1.94 bits per heavy atom. The number of rotatable bonds is 6. The third-order valence-corrected chi connectivity index (χ3v) is 4.87. The molecule has 18 heavy (non-hydrogen) atoms. The normalized spacial score (nSPS) is 33.7. The summed E-state index contributed by atoms with van der Waals surface area (Å²) in [6, 6.07) is 0.723. The predicted octanol–water partition coefficient (Wildman–Crippen LogP) is 2.02. The van der Waals surface area contributed by atoms with E-state index in [0.717, 1.165) is 37.9 Å². The summed E-state index contributed by atoms with van der Waals surface area (Å²) in [6.45, 7) is 4.63.